The van der Waals surface area contributed by atoms with Crippen molar-refractivity contribution < 1.29 is 38.4 Å². The summed E-state index contributed by atoms with van der Waals surface area (Å²) < 4.78 is 22.1. The zero-order valence-corrected chi connectivity index (χ0v) is 28.7. The maximum Gasteiger partial charge on any atom is 0.416 e. The molecule has 0 saturated heterocycles. The molecule has 264 valence electrons. The van der Waals surface area contributed by atoms with Crippen molar-refractivity contribution in [1.82, 2.24) is 4.90 Å². The van der Waals surface area contributed by atoms with Crippen LogP contribution in [-0.4, -0.2) is 74.5 Å². The number of fused-ring (bicyclic) bond motifs is 3. The van der Waals surface area contributed by atoms with Crippen LogP contribution in [0.3, 0.4) is 0 Å². The van der Waals surface area contributed by atoms with Crippen LogP contribution in [0, 0.1) is 0 Å². The largest absolute Gasteiger partial charge is 0.497 e. The van der Waals surface area contributed by atoms with E-state index in [1.165, 1.54) is 0 Å². The van der Waals surface area contributed by atoms with Crippen LogP contribution in [0.1, 0.15) is 43.2 Å². The van der Waals surface area contributed by atoms with Crippen molar-refractivity contribution in [2.45, 2.75) is 38.1 Å². The van der Waals surface area contributed by atoms with Gasteiger partial charge in [-0.3, -0.25) is 9.59 Å². The Morgan fingerprint density at radius 2 is 1.46 bits per heavy atom. The number of nitrogens with two attached hydrogens (primary N) is 2. The third kappa shape index (κ3) is 9.40. The molecule has 2 amide bonds. The lowest BCUT2D eigenvalue weighted by Gasteiger charge is -2.21. The van der Waals surface area contributed by atoms with Crippen molar-refractivity contribution in [3.05, 3.63) is 102 Å². The minimum absolute atomic E-state index is 0.0229. The number of carboxylic acids is 1. The Morgan fingerprint density at radius 3 is 2.02 bits per heavy atom. The first-order valence-electron chi connectivity index (χ1n) is 16.5. The number of aliphatic carboxylic acids is 1. The van der Waals surface area contributed by atoms with Crippen LogP contribution >= 0.6 is 0 Å². The lowest BCUT2D eigenvalue weighted by Crippen LogP contribution is -2.43. The number of hydrogen-bond donors (Lipinski definition) is 3. The summed E-state index contributed by atoms with van der Waals surface area (Å²) in [6.45, 7) is 1.91. The highest BCUT2D eigenvalue weighted by Crippen LogP contribution is 2.44. The number of carboxylic acid groups (broad SMARTS) is 1. The normalized spacial score (nSPS) is 12.0. The van der Waals surface area contributed by atoms with Crippen LogP contribution in [0.4, 0.5) is 4.79 Å². The van der Waals surface area contributed by atoms with E-state index >= 15 is 0 Å². The van der Waals surface area contributed by atoms with Gasteiger partial charge in [-0.1, -0.05) is 80.4 Å². The number of nitrogens with zero attached hydrogens (tertiary/aromatic N) is 1. The number of hydrogen-bond acceptors (Lipinski definition) is 9. The first-order chi connectivity index (χ1) is 24.2. The van der Waals surface area contributed by atoms with Crippen molar-refractivity contribution in [3.63, 3.8) is 0 Å². The Bertz CT molecular complexity index is 1700. The Labute approximate surface area is 292 Å². The Hall–Kier alpha value is -5.39. The molecule has 1 aliphatic rings. The molecule has 5 rings (SSSR count). The molecule has 4 aromatic rings. The molecule has 50 heavy (non-hydrogen) atoms. The van der Waals surface area contributed by atoms with Crippen LogP contribution in [0.5, 0.6) is 17.2 Å². The number of imide groups is 1. The summed E-state index contributed by atoms with van der Waals surface area (Å²) in [4.78, 5) is 37.1. The molecular formula is C39H45N3O8. The van der Waals surface area contributed by atoms with E-state index < -0.39 is 24.0 Å². The summed E-state index contributed by atoms with van der Waals surface area (Å²) in [6.07, 6.45) is 1.74. The van der Waals surface area contributed by atoms with Gasteiger partial charge in [0, 0.05) is 30.6 Å². The van der Waals surface area contributed by atoms with E-state index in [1.807, 2.05) is 73.7 Å². The zero-order valence-electron chi connectivity index (χ0n) is 28.7. The van der Waals surface area contributed by atoms with Crippen molar-refractivity contribution in [3.8, 4) is 39.5 Å². The summed E-state index contributed by atoms with van der Waals surface area (Å²) in [7, 11) is 3.20. The molecule has 4 aromatic carbocycles. The van der Waals surface area contributed by atoms with Gasteiger partial charge in [0.1, 0.15) is 29.9 Å². The van der Waals surface area contributed by atoms with Gasteiger partial charge in [-0.05, 0) is 58.5 Å². The second-order valence-electron chi connectivity index (χ2n) is 11.6. The van der Waals surface area contributed by atoms with Gasteiger partial charge in [-0.15, -0.1) is 0 Å². The number of methoxy groups -OCH3 is 2. The fraction of sp³-hybridized carbons (Fsp3) is 0.308. The maximum atomic E-state index is 13.0. The van der Waals surface area contributed by atoms with Crippen LogP contribution in [0.2, 0.25) is 0 Å². The van der Waals surface area contributed by atoms with E-state index in [0.717, 1.165) is 51.1 Å². The minimum Gasteiger partial charge on any atom is -0.497 e. The summed E-state index contributed by atoms with van der Waals surface area (Å²) in [5.41, 5.74) is 17.2. The molecule has 0 saturated carbocycles. The molecule has 1 aliphatic carbocycles. The summed E-state index contributed by atoms with van der Waals surface area (Å²) in [6, 6.07) is 28.3. The Balaban J connectivity index is 0.000000551. The number of carbonyl (C=O) groups excluding carboxylic acids is 2. The zero-order chi connectivity index (χ0) is 36.0. The molecule has 0 aliphatic heterocycles. The molecular weight excluding hydrogens is 638 g/mol. The van der Waals surface area contributed by atoms with Crippen LogP contribution in [0.15, 0.2) is 91.0 Å². The molecule has 0 aromatic heterocycles. The van der Waals surface area contributed by atoms with Gasteiger partial charge in [0.05, 0.1) is 14.2 Å². The summed E-state index contributed by atoms with van der Waals surface area (Å²) >= 11 is 0. The van der Waals surface area contributed by atoms with Crippen molar-refractivity contribution in [2.24, 2.45) is 11.5 Å². The van der Waals surface area contributed by atoms with Crippen molar-refractivity contribution in [1.29, 1.82) is 0 Å². The Kier molecular flexibility index (Phi) is 13.8. The van der Waals surface area contributed by atoms with E-state index in [4.69, 9.17) is 35.5 Å². The maximum absolute atomic E-state index is 13.0. The highest BCUT2D eigenvalue weighted by molar-refractivity contribution is 5.93. The van der Waals surface area contributed by atoms with E-state index in [1.54, 1.807) is 26.4 Å². The lowest BCUT2D eigenvalue weighted by molar-refractivity contribution is -0.138. The van der Waals surface area contributed by atoms with E-state index in [2.05, 4.69) is 12.1 Å². The van der Waals surface area contributed by atoms with Gasteiger partial charge in [0.25, 0.3) is 5.91 Å². The van der Waals surface area contributed by atoms with E-state index in [0.29, 0.717) is 23.7 Å². The SMILES string of the molecule is CCCC[C@H](N)C(=O)O.COc1ccc(-c2ccc(OCC(=O)N(CCN)C(=O)OCC3c4ccccc4-c4ccccc43)cc2)c(OC)c1. The highest BCUT2D eigenvalue weighted by atomic mass is 16.6. The quantitative estimate of drug-likeness (QED) is 0.142. The number of rotatable bonds is 14. The van der Waals surface area contributed by atoms with E-state index in [9.17, 15) is 14.4 Å². The van der Waals surface area contributed by atoms with Crippen molar-refractivity contribution >= 4 is 18.0 Å². The number of benzene rings is 4. The van der Waals surface area contributed by atoms with Crippen molar-refractivity contribution in [2.75, 3.05) is 40.5 Å². The van der Waals surface area contributed by atoms with Crippen LogP contribution < -0.4 is 25.7 Å². The second kappa shape index (κ2) is 18.4. The molecule has 11 nitrogen and oxygen atoms in total. The molecule has 5 N–H and O–H groups in total. The molecule has 0 bridgehead atoms. The van der Waals surface area contributed by atoms with Crippen LogP contribution in [0.25, 0.3) is 22.3 Å². The second-order valence-corrected chi connectivity index (χ2v) is 11.6. The third-order valence-electron chi connectivity index (χ3n) is 8.33. The lowest BCUT2D eigenvalue weighted by atomic mass is 9.98. The van der Waals surface area contributed by atoms with Gasteiger partial charge < -0.3 is 35.5 Å². The fourth-order valence-corrected chi connectivity index (χ4v) is 5.66. The summed E-state index contributed by atoms with van der Waals surface area (Å²) in [5, 5.41) is 8.28. The number of carbonyl (C=O) groups is 3. The number of amides is 2. The number of ether oxygens (including phenoxy) is 4. The predicted molar refractivity (Wildman–Crippen MR) is 191 cm³/mol. The van der Waals surface area contributed by atoms with Crippen LogP contribution in [-0.2, 0) is 14.3 Å². The van der Waals surface area contributed by atoms with Gasteiger partial charge >= 0.3 is 12.1 Å². The van der Waals surface area contributed by atoms with Gasteiger partial charge in [0.2, 0.25) is 0 Å². The predicted octanol–water partition coefficient (Wildman–Crippen LogP) is 6.07. The first kappa shape index (κ1) is 37.4. The average molecular weight is 684 g/mol. The number of unbranched alkanes of at least 4 members (excludes halogenated alkanes) is 1. The average Bonchev–Trinajstić information content (AvgIpc) is 3.47. The topological polar surface area (TPSA) is 164 Å². The summed E-state index contributed by atoms with van der Waals surface area (Å²) in [5.74, 6) is 0.309. The molecule has 0 unspecified atom stereocenters. The Morgan fingerprint density at radius 1 is 0.840 bits per heavy atom. The molecule has 0 radical (unpaired) electrons. The smallest absolute Gasteiger partial charge is 0.416 e. The standard InChI is InChI=1S/C33H32N2O6.C6H13NO2/c1-38-24-15-16-25(31(19-24)39-2)22-11-13-23(14-12-22)40-21-32(36)35(18-17-34)33(37)41-20-30-28-9-5-3-7-26(28)27-8-4-6-10-29(27)30;1-2-3-4-5(7)6(8)9/h3-16,19,30H,17-18,20-21,34H2,1-2H3;5H,2-4,7H2,1H3,(H,8,9)/t;5-/m.0/s1. The van der Waals surface area contributed by atoms with Gasteiger partial charge in [-0.25, -0.2) is 9.69 Å². The molecule has 1 atom stereocenters. The monoisotopic (exact) mass is 683 g/mol. The molecule has 0 fully saturated rings. The highest BCUT2D eigenvalue weighted by Gasteiger charge is 2.31. The molecule has 0 heterocycles. The van der Waals surface area contributed by atoms with E-state index in [-0.39, 0.29) is 32.2 Å². The fourth-order valence-electron chi connectivity index (χ4n) is 5.66. The third-order valence-corrected chi connectivity index (χ3v) is 8.33. The minimum atomic E-state index is -0.900. The van der Waals surface area contributed by atoms with Gasteiger partial charge in [-0.2, -0.15) is 0 Å². The molecule has 11 heteroatoms. The molecule has 0 spiro atoms. The van der Waals surface area contributed by atoms with Gasteiger partial charge in [0.15, 0.2) is 6.61 Å². The first-order valence-corrected chi connectivity index (χ1v) is 16.5.